The normalized spacial score (nSPS) is 12.8. The molecule has 1 atom stereocenters. The predicted molar refractivity (Wildman–Crippen MR) is 79.0 cm³/mol. The molecule has 5 nitrogen and oxygen atoms in total. The lowest BCUT2D eigenvalue weighted by Gasteiger charge is -2.30. The van der Waals surface area contributed by atoms with Gasteiger partial charge in [0.15, 0.2) is 0 Å². The molecule has 0 aliphatic rings. The SMILES string of the molecule is CSc1ncccc1C(=O)NC(CC(=O)O)C(C)(C)C. The Bertz CT molecular complexity index is 497. The molecule has 1 unspecified atom stereocenters. The lowest BCUT2D eigenvalue weighted by Crippen LogP contribution is -2.45. The van der Waals surface area contributed by atoms with Gasteiger partial charge >= 0.3 is 5.97 Å². The van der Waals surface area contributed by atoms with Crippen LogP contribution >= 0.6 is 11.8 Å². The number of pyridine rings is 1. The van der Waals surface area contributed by atoms with E-state index in [4.69, 9.17) is 5.11 Å². The van der Waals surface area contributed by atoms with Crippen LogP contribution in [0.4, 0.5) is 0 Å². The van der Waals surface area contributed by atoms with Gasteiger partial charge in [0.2, 0.25) is 0 Å². The molecule has 0 aliphatic carbocycles. The van der Waals surface area contributed by atoms with Crippen molar-refractivity contribution in [2.75, 3.05) is 6.26 Å². The molecule has 1 aromatic rings. The third-order valence-corrected chi connectivity index (χ3v) is 3.65. The van der Waals surface area contributed by atoms with Crippen LogP contribution in [0.1, 0.15) is 37.6 Å². The largest absolute Gasteiger partial charge is 0.481 e. The molecule has 0 saturated carbocycles. The van der Waals surface area contributed by atoms with E-state index in [9.17, 15) is 9.59 Å². The third-order valence-electron chi connectivity index (χ3n) is 2.94. The van der Waals surface area contributed by atoms with Gasteiger partial charge in [-0.2, -0.15) is 0 Å². The minimum atomic E-state index is -0.929. The number of carbonyl (C=O) groups is 2. The van der Waals surface area contributed by atoms with Gasteiger partial charge in [-0.25, -0.2) is 4.98 Å². The van der Waals surface area contributed by atoms with Gasteiger partial charge in [-0.1, -0.05) is 20.8 Å². The average molecular weight is 296 g/mol. The zero-order valence-electron chi connectivity index (χ0n) is 12.1. The van der Waals surface area contributed by atoms with E-state index in [2.05, 4.69) is 10.3 Å². The van der Waals surface area contributed by atoms with Crippen molar-refractivity contribution in [3.8, 4) is 0 Å². The summed E-state index contributed by atoms with van der Waals surface area (Å²) in [6.45, 7) is 5.71. The summed E-state index contributed by atoms with van der Waals surface area (Å²) in [5, 5.41) is 12.4. The quantitative estimate of drug-likeness (QED) is 0.816. The van der Waals surface area contributed by atoms with Crippen LogP contribution in [-0.2, 0) is 4.79 Å². The molecule has 1 amide bonds. The van der Waals surface area contributed by atoms with Crippen molar-refractivity contribution in [1.29, 1.82) is 0 Å². The van der Waals surface area contributed by atoms with Crippen LogP contribution in [0, 0.1) is 5.41 Å². The number of aromatic nitrogens is 1. The third kappa shape index (κ3) is 4.52. The molecule has 20 heavy (non-hydrogen) atoms. The number of thioether (sulfide) groups is 1. The molecule has 0 radical (unpaired) electrons. The van der Waals surface area contributed by atoms with Crippen LogP contribution in [0.3, 0.4) is 0 Å². The summed E-state index contributed by atoms with van der Waals surface area (Å²) < 4.78 is 0. The second-order valence-corrected chi connectivity index (χ2v) is 6.35. The highest BCUT2D eigenvalue weighted by Gasteiger charge is 2.29. The first-order valence-electron chi connectivity index (χ1n) is 6.27. The number of carbonyl (C=O) groups excluding carboxylic acids is 1. The van der Waals surface area contributed by atoms with E-state index in [0.29, 0.717) is 10.6 Å². The van der Waals surface area contributed by atoms with Gasteiger partial charge in [0.05, 0.1) is 12.0 Å². The van der Waals surface area contributed by atoms with E-state index in [1.807, 2.05) is 27.0 Å². The topological polar surface area (TPSA) is 79.3 Å². The lowest BCUT2D eigenvalue weighted by molar-refractivity contribution is -0.138. The van der Waals surface area contributed by atoms with Gasteiger partial charge in [0.1, 0.15) is 5.03 Å². The number of nitrogens with zero attached hydrogens (tertiary/aromatic N) is 1. The van der Waals surface area contributed by atoms with Crippen molar-refractivity contribution in [1.82, 2.24) is 10.3 Å². The molecular formula is C14H20N2O3S. The van der Waals surface area contributed by atoms with Crippen molar-refractivity contribution in [2.24, 2.45) is 5.41 Å². The number of carboxylic acid groups (broad SMARTS) is 1. The summed E-state index contributed by atoms with van der Waals surface area (Å²) in [6.07, 6.45) is 3.36. The van der Waals surface area contributed by atoms with Crippen LogP contribution in [0.5, 0.6) is 0 Å². The highest BCUT2D eigenvalue weighted by molar-refractivity contribution is 7.98. The Morgan fingerprint density at radius 2 is 2.10 bits per heavy atom. The average Bonchev–Trinajstić information content (AvgIpc) is 2.36. The fourth-order valence-corrected chi connectivity index (χ4v) is 2.26. The van der Waals surface area contributed by atoms with Crippen molar-refractivity contribution in [3.05, 3.63) is 23.9 Å². The first-order chi connectivity index (χ1) is 9.25. The van der Waals surface area contributed by atoms with E-state index in [-0.39, 0.29) is 17.7 Å². The standard InChI is InChI=1S/C14H20N2O3S/c1-14(2,3)10(8-11(17)18)16-12(19)9-6-5-7-15-13(9)20-4/h5-7,10H,8H2,1-4H3,(H,16,19)(H,17,18). The number of aliphatic carboxylic acids is 1. The van der Waals surface area contributed by atoms with E-state index in [0.717, 1.165) is 0 Å². The Balaban J connectivity index is 2.93. The predicted octanol–water partition coefficient (Wildman–Crippen LogP) is 2.42. The molecule has 0 bridgehead atoms. The van der Waals surface area contributed by atoms with Crippen LogP contribution in [0.15, 0.2) is 23.4 Å². The van der Waals surface area contributed by atoms with Crippen LogP contribution in [0.25, 0.3) is 0 Å². The number of amides is 1. The van der Waals surface area contributed by atoms with Gasteiger partial charge in [-0.3, -0.25) is 9.59 Å². The smallest absolute Gasteiger partial charge is 0.305 e. The number of hydrogen-bond acceptors (Lipinski definition) is 4. The van der Waals surface area contributed by atoms with Crippen molar-refractivity contribution < 1.29 is 14.7 Å². The van der Waals surface area contributed by atoms with Crippen molar-refractivity contribution >= 4 is 23.6 Å². The molecular weight excluding hydrogens is 276 g/mol. The van der Waals surface area contributed by atoms with Crippen molar-refractivity contribution in [3.63, 3.8) is 0 Å². The van der Waals surface area contributed by atoms with E-state index in [1.54, 1.807) is 18.3 Å². The van der Waals surface area contributed by atoms with Gasteiger partial charge in [0, 0.05) is 12.2 Å². The Morgan fingerprint density at radius 3 is 2.60 bits per heavy atom. The van der Waals surface area contributed by atoms with Gasteiger partial charge in [0.25, 0.3) is 5.91 Å². The molecule has 1 aromatic heterocycles. The minimum absolute atomic E-state index is 0.107. The van der Waals surface area contributed by atoms with Crippen LogP contribution < -0.4 is 5.32 Å². The monoisotopic (exact) mass is 296 g/mol. The molecule has 0 saturated heterocycles. The number of nitrogens with one attached hydrogen (secondary N) is 1. The second kappa shape index (κ2) is 6.74. The molecule has 0 aromatic carbocycles. The molecule has 6 heteroatoms. The zero-order chi connectivity index (χ0) is 15.3. The Morgan fingerprint density at radius 1 is 1.45 bits per heavy atom. The maximum absolute atomic E-state index is 12.3. The van der Waals surface area contributed by atoms with Crippen LogP contribution in [-0.4, -0.2) is 34.3 Å². The van der Waals surface area contributed by atoms with E-state index < -0.39 is 12.0 Å². The number of carboxylic acids is 1. The molecule has 0 spiro atoms. The van der Waals surface area contributed by atoms with Gasteiger partial charge < -0.3 is 10.4 Å². The molecule has 0 fully saturated rings. The Labute approximate surface area is 123 Å². The molecule has 1 heterocycles. The summed E-state index contributed by atoms with van der Waals surface area (Å²) >= 11 is 1.38. The fraction of sp³-hybridized carbons (Fsp3) is 0.500. The molecule has 110 valence electrons. The minimum Gasteiger partial charge on any atom is -0.481 e. The molecule has 0 aliphatic heterocycles. The Kier molecular flexibility index (Phi) is 5.56. The highest BCUT2D eigenvalue weighted by atomic mass is 32.2. The maximum Gasteiger partial charge on any atom is 0.305 e. The molecule has 1 rings (SSSR count). The molecule has 2 N–H and O–H groups in total. The first-order valence-corrected chi connectivity index (χ1v) is 7.50. The highest BCUT2D eigenvalue weighted by Crippen LogP contribution is 2.23. The van der Waals surface area contributed by atoms with Gasteiger partial charge in [-0.05, 0) is 23.8 Å². The van der Waals surface area contributed by atoms with E-state index >= 15 is 0 Å². The second-order valence-electron chi connectivity index (χ2n) is 5.55. The van der Waals surface area contributed by atoms with Gasteiger partial charge in [-0.15, -0.1) is 11.8 Å². The number of hydrogen-bond donors (Lipinski definition) is 2. The lowest BCUT2D eigenvalue weighted by atomic mass is 9.84. The zero-order valence-corrected chi connectivity index (χ0v) is 13.0. The number of rotatable bonds is 5. The summed E-state index contributed by atoms with van der Waals surface area (Å²) in [5.41, 5.74) is 0.134. The Hall–Kier alpha value is -1.56. The first kappa shape index (κ1) is 16.5. The summed E-state index contributed by atoms with van der Waals surface area (Å²) in [5.74, 6) is -1.22. The summed E-state index contributed by atoms with van der Waals surface area (Å²) in [6, 6.07) is 2.94. The summed E-state index contributed by atoms with van der Waals surface area (Å²) in [7, 11) is 0. The van der Waals surface area contributed by atoms with Crippen molar-refractivity contribution in [2.45, 2.75) is 38.3 Å². The summed E-state index contributed by atoms with van der Waals surface area (Å²) in [4.78, 5) is 27.4. The van der Waals surface area contributed by atoms with E-state index in [1.165, 1.54) is 11.8 Å². The van der Waals surface area contributed by atoms with Crippen LogP contribution in [0.2, 0.25) is 0 Å². The fourth-order valence-electron chi connectivity index (χ4n) is 1.71. The maximum atomic E-state index is 12.3.